The molecule has 0 atom stereocenters. The quantitative estimate of drug-likeness (QED) is 0.579. The summed E-state index contributed by atoms with van der Waals surface area (Å²) < 4.78 is 15.6. The number of nitrogens with zero attached hydrogens (tertiary/aromatic N) is 3. The molecular formula is C19H14FN5O2. The van der Waals surface area contributed by atoms with E-state index in [-0.39, 0.29) is 34.8 Å². The van der Waals surface area contributed by atoms with E-state index in [0.717, 1.165) is 5.56 Å². The summed E-state index contributed by atoms with van der Waals surface area (Å²) in [4.78, 5) is 35.3. The number of amides is 1. The van der Waals surface area contributed by atoms with Gasteiger partial charge in [-0.1, -0.05) is 42.5 Å². The molecule has 0 radical (unpaired) electrons. The van der Waals surface area contributed by atoms with Crippen molar-refractivity contribution in [1.29, 1.82) is 0 Å². The van der Waals surface area contributed by atoms with Crippen LogP contribution in [0.3, 0.4) is 0 Å². The highest BCUT2D eigenvalue weighted by Crippen LogP contribution is 2.22. The zero-order valence-electron chi connectivity index (χ0n) is 14.0. The number of primary amides is 1. The van der Waals surface area contributed by atoms with Crippen molar-refractivity contribution in [2.75, 3.05) is 0 Å². The van der Waals surface area contributed by atoms with Gasteiger partial charge >= 0.3 is 5.69 Å². The van der Waals surface area contributed by atoms with Crippen LogP contribution in [-0.4, -0.2) is 25.4 Å². The first-order valence-corrected chi connectivity index (χ1v) is 8.14. The van der Waals surface area contributed by atoms with Gasteiger partial charge in [0.1, 0.15) is 11.3 Å². The zero-order chi connectivity index (χ0) is 19.0. The molecule has 2 heterocycles. The molecule has 0 bridgehead atoms. The summed E-state index contributed by atoms with van der Waals surface area (Å²) in [5, 5.41) is 0. The lowest BCUT2D eigenvalue weighted by Crippen LogP contribution is -2.17. The van der Waals surface area contributed by atoms with Gasteiger partial charge in [-0.15, -0.1) is 0 Å². The number of H-pyrrole nitrogens is 1. The average molecular weight is 363 g/mol. The Balaban J connectivity index is 1.98. The third-order valence-electron chi connectivity index (χ3n) is 4.15. The van der Waals surface area contributed by atoms with Crippen LogP contribution >= 0.6 is 0 Å². The van der Waals surface area contributed by atoms with Crippen molar-refractivity contribution in [3.05, 3.63) is 82.2 Å². The highest BCUT2D eigenvalue weighted by atomic mass is 19.1. The van der Waals surface area contributed by atoms with Crippen LogP contribution in [0, 0.1) is 5.82 Å². The number of aromatic amines is 1. The Morgan fingerprint density at radius 2 is 1.78 bits per heavy atom. The second-order valence-corrected chi connectivity index (χ2v) is 5.94. The predicted molar refractivity (Wildman–Crippen MR) is 97.6 cm³/mol. The van der Waals surface area contributed by atoms with Gasteiger partial charge in [0, 0.05) is 0 Å². The van der Waals surface area contributed by atoms with Gasteiger partial charge in [0.2, 0.25) is 0 Å². The van der Waals surface area contributed by atoms with Crippen molar-refractivity contribution in [1.82, 2.24) is 19.5 Å². The van der Waals surface area contributed by atoms with Crippen LogP contribution in [0.2, 0.25) is 0 Å². The molecule has 0 aliphatic carbocycles. The Hall–Kier alpha value is -3.81. The molecule has 1 amide bonds. The van der Waals surface area contributed by atoms with Crippen molar-refractivity contribution in [2.45, 2.75) is 6.54 Å². The highest BCUT2D eigenvalue weighted by molar-refractivity contribution is 6.01. The maximum absolute atomic E-state index is 14.2. The van der Waals surface area contributed by atoms with Crippen molar-refractivity contribution < 1.29 is 9.18 Å². The van der Waals surface area contributed by atoms with E-state index in [4.69, 9.17) is 5.73 Å². The Labute approximate surface area is 152 Å². The smallest absolute Gasteiger partial charge is 0.328 e. The molecule has 0 spiro atoms. The first-order valence-electron chi connectivity index (χ1n) is 8.14. The maximum atomic E-state index is 14.2. The fraction of sp³-hybridized carbons (Fsp3) is 0.0526. The lowest BCUT2D eigenvalue weighted by Gasteiger charge is -2.07. The standard InChI is InChI=1S/C19H14FN5O2/c20-13-9-5-4-8-12(13)17-22-14(16(21)26)15-18(24-17)25(19(27)23-15)10-11-6-2-1-3-7-11/h1-9H,10H2,(H2,21,26)(H,23,27). The normalized spacial score (nSPS) is 11.0. The van der Waals surface area contributed by atoms with E-state index in [9.17, 15) is 14.0 Å². The molecule has 0 saturated heterocycles. The van der Waals surface area contributed by atoms with Gasteiger partial charge in [-0.05, 0) is 17.7 Å². The fourth-order valence-corrected chi connectivity index (χ4v) is 2.88. The number of hydrogen-bond acceptors (Lipinski definition) is 4. The molecule has 0 fully saturated rings. The zero-order valence-corrected chi connectivity index (χ0v) is 14.0. The van der Waals surface area contributed by atoms with Crippen molar-refractivity contribution in [3.63, 3.8) is 0 Å². The van der Waals surface area contributed by atoms with Gasteiger partial charge in [-0.25, -0.2) is 19.2 Å². The van der Waals surface area contributed by atoms with Crippen molar-refractivity contribution in [2.24, 2.45) is 5.73 Å². The molecule has 2 aromatic carbocycles. The van der Waals surface area contributed by atoms with Gasteiger partial charge in [0.05, 0.1) is 12.1 Å². The van der Waals surface area contributed by atoms with E-state index in [1.807, 2.05) is 30.3 Å². The summed E-state index contributed by atoms with van der Waals surface area (Å²) in [5.74, 6) is -1.40. The number of carbonyl (C=O) groups excluding carboxylic acids is 1. The number of imidazole rings is 1. The molecule has 27 heavy (non-hydrogen) atoms. The second-order valence-electron chi connectivity index (χ2n) is 5.94. The number of rotatable bonds is 4. The van der Waals surface area contributed by atoms with Crippen LogP contribution in [0.5, 0.6) is 0 Å². The van der Waals surface area contributed by atoms with Gasteiger partial charge in [-0.2, -0.15) is 0 Å². The summed E-state index contributed by atoms with van der Waals surface area (Å²) in [5.41, 5.74) is 6.09. The first kappa shape index (κ1) is 16.6. The molecule has 0 saturated carbocycles. The van der Waals surface area contributed by atoms with Crippen LogP contribution in [0.1, 0.15) is 16.1 Å². The number of fused-ring (bicyclic) bond motifs is 1. The van der Waals surface area contributed by atoms with Crippen LogP contribution < -0.4 is 11.4 Å². The molecule has 4 rings (SSSR count). The van der Waals surface area contributed by atoms with Gasteiger partial charge in [0.25, 0.3) is 5.91 Å². The molecular weight excluding hydrogens is 349 g/mol. The first-order chi connectivity index (χ1) is 13.0. The molecule has 0 aliphatic rings. The monoisotopic (exact) mass is 363 g/mol. The predicted octanol–water partition coefficient (Wildman–Crippen LogP) is 2.07. The molecule has 3 N–H and O–H groups in total. The minimum atomic E-state index is -0.840. The lowest BCUT2D eigenvalue weighted by molar-refractivity contribution is 0.0997. The number of benzene rings is 2. The number of halogens is 1. The topological polar surface area (TPSA) is 107 Å². The van der Waals surface area contributed by atoms with E-state index in [1.165, 1.54) is 22.8 Å². The number of nitrogens with one attached hydrogen (secondary N) is 1. The second kappa shape index (κ2) is 6.49. The largest absolute Gasteiger partial charge is 0.364 e. The minimum absolute atomic E-state index is 0.0183. The van der Waals surface area contributed by atoms with Crippen LogP contribution in [0.4, 0.5) is 4.39 Å². The number of aromatic nitrogens is 4. The number of hydrogen-bond donors (Lipinski definition) is 2. The SMILES string of the molecule is NC(=O)c1nc(-c2ccccc2F)nc2c1[nH]c(=O)n2Cc1ccccc1. The van der Waals surface area contributed by atoms with Crippen LogP contribution in [-0.2, 0) is 6.54 Å². The Morgan fingerprint density at radius 3 is 2.48 bits per heavy atom. The van der Waals surface area contributed by atoms with E-state index in [2.05, 4.69) is 15.0 Å². The van der Waals surface area contributed by atoms with Gasteiger partial charge in [0.15, 0.2) is 17.2 Å². The molecule has 134 valence electrons. The summed E-state index contributed by atoms with van der Waals surface area (Å²) in [7, 11) is 0. The van der Waals surface area contributed by atoms with E-state index >= 15 is 0 Å². The minimum Gasteiger partial charge on any atom is -0.364 e. The molecule has 7 nitrogen and oxygen atoms in total. The fourth-order valence-electron chi connectivity index (χ4n) is 2.88. The van der Waals surface area contributed by atoms with Gasteiger partial charge < -0.3 is 10.7 Å². The summed E-state index contributed by atoms with van der Waals surface area (Å²) >= 11 is 0. The maximum Gasteiger partial charge on any atom is 0.328 e. The Morgan fingerprint density at radius 1 is 1.07 bits per heavy atom. The van der Waals surface area contributed by atoms with Crippen LogP contribution in [0.15, 0.2) is 59.4 Å². The van der Waals surface area contributed by atoms with Crippen LogP contribution in [0.25, 0.3) is 22.6 Å². The Kier molecular flexibility index (Phi) is 4.00. The van der Waals surface area contributed by atoms with Crippen molar-refractivity contribution in [3.8, 4) is 11.4 Å². The number of nitrogens with two attached hydrogens (primary N) is 1. The summed E-state index contributed by atoms with van der Waals surface area (Å²) in [6, 6.07) is 15.2. The molecule has 0 aliphatic heterocycles. The van der Waals surface area contributed by atoms with E-state index in [0.29, 0.717) is 0 Å². The third kappa shape index (κ3) is 2.97. The van der Waals surface area contributed by atoms with Crippen molar-refractivity contribution >= 4 is 17.1 Å². The lowest BCUT2D eigenvalue weighted by atomic mass is 10.2. The molecule has 2 aromatic heterocycles. The van der Waals surface area contributed by atoms with E-state index in [1.54, 1.807) is 6.07 Å². The molecule has 0 unspecified atom stereocenters. The third-order valence-corrected chi connectivity index (χ3v) is 4.15. The summed E-state index contributed by atoms with van der Waals surface area (Å²) in [6.07, 6.45) is 0. The molecule has 8 heteroatoms. The van der Waals surface area contributed by atoms with E-state index < -0.39 is 17.4 Å². The Bertz CT molecular complexity index is 1210. The highest BCUT2D eigenvalue weighted by Gasteiger charge is 2.20. The summed E-state index contributed by atoms with van der Waals surface area (Å²) in [6.45, 7) is 0.228. The molecule has 4 aromatic rings. The van der Waals surface area contributed by atoms with Gasteiger partial charge in [-0.3, -0.25) is 9.36 Å². The number of carbonyl (C=O) groups is 1. The average Bonchev–Trinajstić information content (AvgIpc) is 2.97.